The predicted molar refractivity (Wildman–Crippen MR) is 124 cm³/mol. The first-order chi connectivity index (χ1) is 15.7. The van der Waals surface area contributed by atoms with Gasteiger partial charge in [-0.05, 0) is 52.2 Å². The molecule has 0 bridgehead atoms. The molecule has 0 aromatic carbocycles. The number of pyridine rings is 1. The molecule has 4 rings (SSSR count). The van der Waals surface area contributed by atoms with Crippen LogP contribution >= 0.6 is 0 Å². The highest BCUT2D eigenvalue weighted by molar-refractivity contribution is 5.92. The molecule has 180 valence electrons. The van der Waals surface area contributed by atoms with Gasteiger partial charge in [-0.1, -0.05) is 0 Å². The third kappa shape index (κ3) is 6.32. The van der Waals surface area contributed by atoms with E-state index in [2.05, 4.69) is 59.8 Å². The summed E-state index contributed by atoms with van der Waals surface area (Å²) in [6.07, 6.45) is 1.82. The minimum atomic E-state index is -0.250. The van der Waals surface area contributed by atoms with E-state index in [4.69, 9.17) is 19.8 Å². The second-order valence-corrected chi connectivity index (χ2v) is 8.77. The van der Waals surface area contributed by atoms with Crippen LogP contribution in [0.4, 0.5) is 5.69 Å². The van der Waals surface area contributed by atoms with Crippen LogP contribution in [0.15, 0.2) is 30.5 Å². The van der Waals surface area contributed by atoms with Crippen molar-refractivity contribution in [1.29, 1.82) is 0 Å². The van der Waals surface area contributed by atoms with Gasteiger partial charge in [0.2, 0.25) is 0 Å². The smallest absolute Gasteiger partial charge is 0.290 e. The van der Waals surface area contributed by atoms with E-state index in [0.717, 1.165) is 44.1 Å². The third-order valence-electron chi connectivity index (χ3n) is 5.94. The Hall–Kier alpha value is -3.40. The second-order valence-electron chi connectivity index (χ2n) is 8.77. The average molecular weight is 460 g/mol. The number of hydrogen-bond donors (Lipinski definition) is 3. The monoisotopic (exact) mass is 459 g/mol. The number of rotatable bonds is 4. The van der Waals surface area contributed by atoms with Crippen molar-refractivity contribution in [1.82, 2.24) is 19.8 Å². The molecule has 2 atom stereocenters. The first-order valence-electron chi connectivity index (χ1n) is 10.6. The van der Waals surface area contributed by atoms with Crippen molar-refractivity contribution in [3.05, 3.63) is 47.5 Å². The van der Waals surface area contributed by atoms with Crippen LogP contribution in [0.5, 0.6) is 0 Å². The van der Waals surface area contributed by atoms with Gasteiger partial charge in [0.05, 0.1) is 0 Å². The van der Waals surface area contributed by atoms with Gasteiger partial charge in [-0.15, -0.1) is 0 Å². The zero-order chi connectivity index (χ0) is 24.6. The number of aryl methyl sites for hydroxylation is 2. The number of carbonyl (C=O) groups excluding carboxylic acids is 1. The minimum Gasteiger partial charge on any atom is -0.483 e. The fourth-order valence-corrected chi connectivity index (χ4v) is 5.01. The van der Waals surface area contributed by atoms with E-state index in [9.17, 15) is 4.79 Å². The number of carbonyl (C=O) groups is 3. The summed E-state index contributed by atoms with van der Waals surface area (Å²) in [5.41, 5.74) is 4.18. The Morgan fingerprint density at radius 2 is 1.79 bits per heavy atom. The molecule has 2 aliphatic rings. The number of hydrogen-bond acceptors (Lipinski definition) is 6. The van der Waals surface area contributed by atoms with Crippen molar-refractivity contribution in [3.63, 3.8) is 0 Å². The number of nitrogens with zero attached hydrogens (tertiary/aromatic N) is 4. The quantitative estimate of drug-likeness (QED) is 0.588. The molecule has 0 unspecified atom stereocenters. The number of fused-ring (bicyclic) bond motifs is 1. The molecule has 4 heterocycles. The number of nitrogens with one attached hydrogen (secondary N) is 1. The first-order valence-corrected chi connectivity index (χ1v) is 10.6. The van der Waals surface area contributed by atoms with Crippen molar-refractivity contribution in [2.24, 2.45) is 11.3 Å². The van der Waals surface area contributed by atoms with Crippen LogP contribution in [-0.2, 0) is 9.59 Å². The van der Waals surface area contributed by atoms with E-state index in [1.807, 2.05) is 23.2 Å². The number of anilines is 1. The number of carboxylic acid groups (broad SMARTS) is 2. The third-order valence-corrected chi connectivity index (χ3v) is 5.94. The van der Waals surface area contributed by atoms with Gasteiger partial charge in [-0.3, -0.25) is 19.4 Å². The number of aromatic nitrogens is 2. The van der Waals surface area contributed by atoms with Crippen LogP contribution < -0.4 is 4.90 Å². The van der Waals surface area contributed by atoms with Crippen LogP contribution in [-0.4, -0.2) is 95.7 Å². The van der Waals surface area contributed by atoms with E-state index in [1.54, 1.807) is 0 Å². The first kappa shape index (κ1) is 25.9. The molecule has 3 N–H and O–H groups in total. The number of aromatic amines is 1. The van der Waals surface area contributed by atoms with Crippen molar-refractivity contribution in [2.45, 2.75) is 13.8 Å². The van der Waals surface area contributed by atoms with Crippen molar-refractivity contribution >= 4 is 24.5 Å². The Morgan fingerprint density at radius 1 is 1.18 bits per heavy atom. The van der Waals surface area contributed by atoms with Gasteiger partial charge < -0.3 is 29.9 Å². The molecule has 0 spiro atoms. The minimum absolute atomic E-state index is 0.108. The molecule has 10 heteroatoms. The maximum absolute atomic E-state index is 12.9. The Morgan fingerprint density at radius 3 is 2.30 bits per heavy atom. The zero-order valence-electron chi connectivity index (χ0n) is 19.6. The molecule has 2 fully saturated rings. The van der Waals surface area contributed by atoms with E-state index >= 15 is 0 Å². The van der Waals surface area contributed by atoms with Gasteiger partial charge in [0.1, 0.15) is 5.69 Å². The summed E-state index contributed by atoms with van der Waals surface area (Å²) in [6, 6.07) is 8.11. The van der Waals surface area contributed by atoms with Gasteiger partial charge in [-0.25, -0.2) is 0 Å². The van der Waals surface area contributed by atoms with E-state index in [0.29, 0.717) is 11.6 Å². The fourth-order valence-electron chi connectivity index (χ4n) is 5.01. The van der Waals surface area contributed by atoms with E-state index in [1.165, 1.54) is 5.69 Å². The Labute approximate surface area is 193 Å². The lowest BCUT2D eigenvalue weighted by molar-refractivity contribution is -0.123. The van der Waals surface area contributed by atoms with E-state index in [-0.39, 0.29) is 24.3 Å². The average Bonchev–Trinajstić information content (AvgIpc) is 3.42. The van der Waals surface area contributed by atoms with Gasteiger partial charge in [0, 0.05) is 67.3 Å². The maximum Gasteiger partial charge on any atom is 0.290 e. The summed E-state index contributed by atoms with van der Waals surface area (Å²) in [5.74, 6) is 0.599. The molecule has 0 radical (unpaired) electrons. The summed E-state index contributed by atoms with van der Waals surface area (Å²) in [6.45, 7) is 8.21. The number of likely N-dealkylation sites (tertiary alicyclic amines) is 1. The Bertz CT molecular complexity index is 907. The van der Waals surface area contributed by atoms with Crippen LogP contribution in [0, 0.1) is 25.2 Å². The lowest BCUT2D eigenvalue weighted by atomic mass is 9.80. The van der Waals surface area contributed by atoms with Crippen LogP contribution in [0.2, 0.25) is 0 Å². The Balaban J connectivity index is 0.000000582. The molecule has 0 saturated carbocycles. The van der Waals surface area contributed by atoms with Crippen LogP contribution in [0.25, 0.3) is 0 Å². The standard InChI is InChI=1S/C21H29N5O.2CH2O2/c1-15-8-18(9-16(2)23-15)25-10-17-11-26(20(27)19-6-5-7-22-19)14-21(17,13-25)12-24(3)4;2*2-1-3/h5-9,17,22H,10-14H2,1-4H3;2*1H,(H,2,3)/t17-,21+;;/m0../s1. The van der Waals surface area contributed by atoms with Gasteiger partial charge >= 0.3 is 0 Å². The summed E-state index contributed by atoms with van der Waals surface area (Å²) >= 11 is 0. The zero-order valence-corrected chi connectivity index (χ0v) is 19.6. The highest BCUT2D eigenvalue weighted by Crippen LogP contribution is 2.44. The van der Waals surface area contributed by atoms with E-state index < -0.39 is 0 Å². The normalized spacial score (nSPS) is 20.9. The topological polar surface area (TPSA) is 130 Å². The molecular weight excluding hydrogens is 426 g/mol. The van der Waals surface area contributed by atoms with Crippen LogP contribution in [0.3, 0.4) is 0 Å². The molecule has 10 nitrogen and oxygen atoms in total. The van der Waals surface area contributed by atoms with Crippen molar-refractivity contribution in [2.75, 3.05) is 51.7 Å². The SMILES string of the molecule is Cc1cc(N2C[C@H]3CN(C(=O)c4ccc[nH]4)C[C@@]3(CN(C)C)C2)cc(C)n1.O=CO.O=CO. The molecule has 1 amide bonds. The molecule has 2 aromatic rings. The molecule has 0 aliphatic carbocycles. The number of H-pyrrole nitrogens is 1. The highest BCUT2D eigenvalue weighted by atomic mass is 16.3. The second kappa shape index (κ2) is 11.5. The summed E-state index contributed by atoms with van der Waals surface area (Å²) in [5, 5.41) is 13.8. The molecule has 33 heavy (non-hydrogen) atoms. The number of amides is 1. The lowest BCUT2D eigenvalue weighted by Crippen LogP contribution is -2.43. The lowest BCUT2D eigenvalue weighted by Gasteiger charge is -2.32. The van der Waals surface area contributed by atoms with Gasteiger partial charge in [0.15, 0.2) is 0 Å². The largest absolute Gasteiger partial charge is 0.483 e. The molecule has 2 saturated heterocycles. The summed E-state index contributed by atoms with van der Waals surface area (Å²) in [7, 11) is 4.26. The van der Waals surface area contributed by atoms with Gasteiger partial charge in [0.25, 0.3) is 18.9 Å². The van der Waals surface area contributed by atoms with Gasteiger partial charge in [-0.2, -0.15) is 0 Å². The molecular formula is C23H33N5O5. The molecule has 2 aromatic heterocycles. The maximum atomic E-state index is 12.9. The fraction of sp³-hybridized carbons (Fsp3) is 0.478. The molecule has 2 aliphatic heterocycles. The van der Waals surface area contributed by atoms with Crippen molar-refractivity contribution in [3.8, 4) is 0 Å². The highest BCUT2D eigenvalue weighted by Gasteiger charge is 2.53. The predicted octanol–water partition coefficient (Wildman–Crippen LogP) is 1.57. The Kier molecular flexibility index (Phi) is 8.98. The summed E-state index contributed by atoms with van der Waals surface area (Å²) in [4.78, 5) is 44.0. The summed E-state index contributed by atoms with van der Waals surface area (Å²) < 4.78 is 0. The van der Waals surface area contributed by atoms with Crippen LogP contribution in [0.1, 0.15) is 21.9 Å². The van der Waals surface area contributed by atoms with Crippen molar-refractivity contribution < 1.29 is 24.6 Å².